The van der Waals surface area contributed by atoms with Crippen molar-refractivity contribution in [2.75, 3.05) is 13.1 Å². The number of sulfonamides is 1. The monoisotopic (exact) mass is 516 g/mol. The SMILES string of the molecule is CC1=CC(C)(S(=O)(=O)n2ccc3cccc(F)c32)C(S(=O)(=O)N2CCCC2)C=C1Br. The Balaban J connectivity index is 1.95. The summed E-state index contributed by atoms with van der Waals surface area (Å²) in [4.78, 5) is 0. The van der Waals surface area contributed by atoms with E-state index in [0.29, 0.717) is 28.5 Å². The number of hydrogen-bond donors (Lipinski definition) is 0. The molecule has 162 valence electrons. The van der Waals surface area contributed by atoms with Gasteiger partial charge in [0.25, 0.3) is 0 Å². The molecular formula is C20H22BrFN2O4S2. The third-order valence-electron chi connectivity index (χ3n) is 5.93. The molecule has 0 radical (unpaired) electrons. The molecule has 1 aromatic heterocycles. The van der Waals surface area contributed by atoms with Gasteiger partial charge < -0.3 is 0 Å². The van der Waals surface area contributed by atoms with Crippen LogP contribution in [-0.4, -0.2) is 48.2 Å². The lowest BCUT2D eigenvalue weighted by atomic mass is 9.97. The minimum Gasteiger partial charge on any atom is -0.241 e. The average molecular weight is 517 g/mol. The Morgan fingerprint density at radius 1 is 1.13 bits per heavy atom. The first-order chi connectivity index (χ1) is 14.0. The second kappa shape index (κ2) is 7.29. The molecule has 0 N–H and O–H groups in total. The standard InChI is InChI=1S/C20H22BrFN2O4S2/c1-14-13-20(2,18(12-16(14)21)29(25,26)23-9-3-4-10-23)30(27,28)24-11-8-15-6-5-7-17(22)19(15)24/h5-8,11-13,18H,3-4,9-10H2,1-2H3. The lowest BCUT2D eigenvalue weighted by molar-refractivity contribution is 0.460. The van der Waals surface area contributed by atoms with Gasteiger partial charge in [-0.1, -0.05) is 34.1 Å². The lowest BCUT2D eigenvalue weighted by Crippen LogP contribution is -2.55. The van der Waals surface area contributed by atoms with E-state index < -0.39 is 35.9 Å². The van der Waals surface area contributed by atoms with E-state index in [1.54, 1.807) is 13.0 Å². The highest BCUT2D eigenvalue weighted by molar-refractivity contribution is 9.12. The molecule has 2 unspecified atom stereocenters. The van der Waals surface area contributed by atoms with Gasteiger partial charge >= 0.3 is 0 Å². The summed E-state index contributed by atoms with van der Waals surface area (Å²) in [7, 11) is -8.32. The first kappa shape index (κ1) is 21.7. The van der Waals surface area contributed by atoms with Gasteiger partial charge in [-0.3, -0.25) is 0 Å². The molecular weight excluding hydrogens is 495 g/mol. The van der Waals surface area contributed by atoms with E-state index in [9.17, 15) is 21.2 Å². The number of halogens is 2. The Hall–Kier alpha value is -1.49. The van der Waals surface area contributed by atoms with E-state index in [2.05, 4.69) is 15.9 Å². The van der Waals surface area contributed by atoms with E-state index in [4.69, 9.17) is 0 Å². The summed E-state index contributed by atoms with van der Waals surface area (Å²) >= 11 is 3.36. The van der Waals surface area contributed by atoms with Crippen LogP contribution in [0.1, 0.15) is 26.7 Å². The fraction of sp³-hybridized carbons (Fsp3) is 0.400. The van der Waals surface area contributed by atoms with Gasteiger partial charge in [-0.2, -0.15) is 0 Å². The Morgan fingerprint density at radius 3 is 2.47 bits per heavy atom. The smallest absolute Gasteiger partial charge is 0.241 e. The molecule has 4 rings (SSSR count). The second-order valence-electron chi connectivity index (χ2n) is 7.89. The Labute approximate surface area is 184 Å². The maximum absolute atomic E-state index is 14.6. The molecule has 0 saturated carbocycles. The van der Waals surface area contributed by atoms with E-state index >= 15 is 0 Å². The topological polar surface area (TPSA) is 76.5 Å². The van der Waals surface area contributed by atoms with E-state index in [0.717, 1.165) is 16.8 Å². The second-order valence-corrected chi connectivity index (χ2v) is 13.0. The van der Waals surface area contributed by atoms with E-state index in [1.807, 2.05) is 0 Å². The highest BCUT2D eigenvalue weighted by atomic mass is 79.9. The van der Waals surface area contributed by atoms with Gasteiger partial charge in [0, 0.05) is 29.2 Å². The molecule has 2 heterocycles. The number of hydrogen-bond acceptors (Lipinski definition) is 4. The summed E-state index contributed by atoms with van der Waals surface area (Å²) in [6.07, 6.45) is 5.66. The summed E-state index contributed by atoms with van der Waals surface area (Å²) < 4.78 is 70.2. The highest BCUT2D eigenvalue weighted by Gasteiger charge is 2.54. The molecule has 30 heavy (non-hydrogen) atoms. The van der Waals surface area contributed by atoms with Crippen LogP contribution in [0.4, 0.5) is 4.39 Å². The van der Waals surface area contributed by atoms with Gasteiger partial charge in [0.05, 0.1) is 5.52 Å². The van der Waals surface area contributed by atoms with E-state index in [-0.39, 0.29) is 5.52 Å². The highest BCUT2D eigenvalue weighted by Crippen LogP contribution is 2.41. The fourth-order valence-corrected chi connectivity index (χ4v) is 9.36. The van der Waals surface area contributed by atoms with Crippen molar-refractivity contribution in [1.82, 2.24) is 8.28 Å². The van der Waals surface area contributed by atoms with E-state index in [1.165, 1.54) is 47.8 Å². The van der Waals surface area contributed by atoms with Crippen molar-refractivity contribution < 1.29 is 21.2 Å². The summed E-state index contributed by atoms with van der Waals surface area (Å²) in [5.74, 6) is -0.683. The minimum atomic E-state index is -4.36. The number of allylic oxidation sites excluding steroid dienone is 2. The normalized spacial score (nSPS) is 26.1. The number of aromatic nitrogens is 1. The average Bonchev–Trinajstić information content (AvgIpc) is 3.35. The molecule has 1 fully saturated rings. The number of para-hydroxylation sites is 1. The third kappa shape index (κ3) is 3.11. The molecule has 0 bridgehead atoms. The zero-order chi connectivity index (χ0) is 21.9. The first-order valence-electron chi connectivity index (χ1n) is 9.57. The molecule has 0 amide bonds. The number of fused-ring (bicyclic) bond motifs is 1. The van der Waals surface area contributed by atoms with Crippen LogP contribution < -0.4 is 0 Å². The lowest BCUT2D eigenvalue weighted by Gasteiger charge is -2.38. The quantitative estimate of drug-likeness (QED) is 0.619. The van der Waals surface area contributed by atoms with Crippen molar-refractivity contribution >= 4 is 46.9 Å². The summed E-state index contributed by atoms with van der Waals surface area (Å²) in [6, 6.07) is 5.81. The summed E-state index contributed by atoms with van der Waals surface area (Å²) in [6.45, 7) is 3.84. The number of benzene rings is 1. The number of nitrogens with zero attached hydrogens (tertiary/aromatic N) is 2. The van der Waals surface area contributed by atoms with Crippen molar-refractivity contribution in [3.8, 4) is 0 Å². The summed E-state index contributed by atoms with van der Waals surface area (Å²) in [5.41, 5.74) is 0.515. The molecule has 6 nitrogen and oxygen atoms in total. The van der Waals surface area contributed by atoms with Crippen LogP contribution >= 0.6 is 15.9 Å². The Kier molecular flexibility index (Phi) is 5.28. The van der Waals surface area contributed by atoms with Crippen molar-refractivity contribution in [1.29, 1.82) is 0 Å². The zero-order valence-electron chi connectivity index (χ0n) is 16.5. The third-order valence-corrected chi connectivity index (χ3v) is 11.6. The van der Waals surface area contributed by atoms with Crippen LogP contribution in [0.25, 0.3) is 10.9 Å². The number of rotatable bonds is 4. The maximum Gasteiger partial charge on any atom is 0.249 e. The molecule has 0 spiro atoms. The van der Waals surface area contributed by atoms with Gasteiger partial charge in [0.1, 0.15) is 15.8 Å². The predicted molar refractivity (Wildman–Crippen MR) is 119 cm³/mol. The maximum atomic E-state index is 14.6. The van der Waals surface area contributed by atoms with Crippen LogP contribution in [0.2, 0.25) is 0 Å². The van der Waals surface area contributed by atoms with Crippen LogP contribution in [0.3, 0.4) is 0 Å². The molecule has 1 aliphatic carbocycles. The fourth-order valence-electron chi connectivity index (χ4n) is 4.25. The minimum absolute atomic E-state index is 0.0873. The Morgan fingerprint density at radius 2 is 1.80 bits per heavy atom. The van der Waals surface area contributed by atoms with Crippen molar-refractivity contribution in [3.05, 3.63) is 58.5 Å². The van der Waals surface area contributed by atoms with Crippen LogP contribution in [0.5, 0.6) is 0 Å². The van der Waals surface area contributed by atoms with Gasteiger partial charge in [0.15, 0.2) is 0 Å². The van der Waals surface area contributed by atoms with Crippen LogP contribution in [0.15, 0.2) is 52.7 Å². The molecule has 1 aromatic carbocycles. The van der Waals surface area contributed by atoms with Crippen LogP contribution in [0, 0.1) is 5.82 Å². The van der Waals surface area contributed by atoms with Gasteiger partial charge in [0.2, 0.25) is 20.0 Å². The molecule has 1 aliphatic heterocycles. The van der Waals surface area contributed by atoms with Gasteiger partial charge in [-0.25, -0.2) is 29.5 Å². The van der Waals surface area contributed by atoms with Crippen molar-refractivity contribution in [2.45, 2.75) is 36.7 Å². The molecule has 2 aromatic rings. The summed E-state index contributed by atoms with van der Waals surface area (Å²) in [5, 5.41) is -0.926. The molecule has 2 aliphatic rings. The predicted octanol–water partition coefficient (Wildman–Crippen LogP) is 3.75. The van der Waals surface area contributed by atoms with Crippen molar-refractivity contribution in [3.63, 3.8) is 0 Å². The molecule has 2 atom stereocenters. The van der Waals surface area contributed by atoms with Gasteiger partial charge in [-0.05, 0) is 50.5 Å². The van der Waals surface area contributed by atoms with Gasteiger partial charge in [-0.15, -0.1) is 0 Å². The Bertz CT molecular complexity index is 1290. The first-order valence-corrected chi connectivity index (χ1v) is 13.3. The zero-order valence-corrected chi connectivity index (χ0v) is 19.8. The molecule has 10 heteroatoms. The van der Waals surface area contributed by atoms with Crippen molar-refractivity contribution in [2.24, 2.45) is 0 Å². The largest absolute Gasteiger partial charge is 0.249 e. The molecule has 1 saturated heterocycles. The van der Waals surface area contributed by atoms with Crippen LogP contribution in [-0.2, 0) is 20.0 Å².